The van der Waals surface area contributed by atoms with Crippen LogP contribution in [0, 0.1) is 22.7 Å². The Balaban J connectivity index is 2.36. The molecule has 0 saturated carbocycles. The van der Waals surface area contributed by atoms with Crippen LogP contribution in [0.5, 0.6) is 0 Å². The quantitative estimate of drug-likeness (QED) is 0.703. The van der Waals surface area contributed by atoms with E-state index in [1.165, 1.54) is 18.6 Å². The molecule has 74 valence electrons. The number of pyridine rings is 1. The molecular weight excluding hydrogens is 202 g/mol. The first kappa shape index (κ1) is 9.75. The fourth-order valence-corrected chi connectivity index (χ4v) is 1.13. The van der Waals surface area contributed by atoms with Gasteiger partial charge >= 0.3 is 0 Å². The summed E-state index contributed by atoms with van der Waals surface area (Å²) in [5.41, 5.74) is 1.95. The lowest BCUT2D eigenvalue weighted by molar-refractivity contribution is 1.14. The van der Waals surface area contributed by atoms with Crippen molar-refractivity contribution in [2.45, 2.75) is 0 Å². The molecule has 0 saturated heterocycles. The highest BCUT2D eigenvalue weighted by Crippen LogP contribution is 2.12. The second-order valence-electron chi connectivity index (χ2n) is 2.94. The topological polar surface area (TPSA) is 86.2 Å². The molecule has 0 aliphatic heterocycles. The molecule has 0 amide bonds. The number of nitriles is 2. The summed E-state index contributed by atoms with van der Waals surface area (Å²) in [5.74, 6) is 0. The van der Waals surface area contributed by atoms with Crippen molar-refractivity contribution in [1.29, 1.82) is 10.5 Å². The normalized spacial score (nSPS) is 9.12. The highest BCUT2D eigenvalue weighted by Gasteiger charge is 2.01. The van der Waals surface area contributed by atoms with E-state index in [0.29, 0.717) is 17.0 Å². The molecule has 0 fully saturated rings. The summed E-state index contributed by atoms with van der Waals surface area (Å²) in [5, 5.41) is 17.2. The summed E-state index contributed by atoms with van der Waals surface area (Å²) in [7, 11) is 0. The van der Waals surface area contributed by atoms with Crippen molar-refractivity contribution in [1.82, 2.24) is 15.0 Å². The molecule has 0 radical (unpaired) electrons. The fraction of sp³-hybridized carbons (Fsp3) is 0. The van der Waals surface area contributed by atoms with Gasteiger partial charge in [-0.3, -0.25) is 4.98 Å². The molecule has 0 spiro atoms. The van der Waals surface area contributed by atoms with Gasteiger partial charge in [0.15, 0.2) is 5.69 Å². The van der Waals surface area contributed by atoms with Crippen molar-refractivity contribution >= 4 is 0 Å². The Morgan fingerprint density at radius 1 is 0.812 bits per heavy atom. The van der Waals surface area contributed by atoms with Crippen LogP contribution in [-0.2, 0) is 0 Å². The van der Waals surface area contributed by atoms with Crippen molar-refractivity contribution < 1.29 is 0 Å². The van der Waals surface area contributed by atoms with Gasteiger partial charge in [-0.15, -0.1) is 0 Å². The van der Waals surface area contributed by atoms with Crippen LogP contribution in [0.4, 0.5) is 0 Å². The molecule has 16 heavy (non-hydrogen) atoms. The Bertz CT molecular complexity index is 516. The van der Waals surface area contributed by atoms with E-state index < -0.39 is 0 Å². The number of rotatable bonds is 1. The van der Waals surface area contributed by atoms with E-state index in [9.17, 15) is 0 Å². The molecular formula is C11H5N5. The fourth-order valence-electron chi connectivity index (χ4n) is 1.13. The number of nitrogens with zero attached hydrogens (tertiary/aromatic N) is 5. The summed E-state index contributed by atoms with van der Waals surface area (Å²) in [4.78, 5) is 12.0. The zero-order valence-corrected chi connectivity index (χ0v) is 8.12. The third kappa shape index (κ3) is 1.84. The second-order valence-corrected chi connectivity index (χ2v) is 2.94. The average molecular weight is 207 g/mol. The highest BCUT2D eigenvalue weighted by atomic mass is 14.8. The van der Waals surface area contributed by atoms with Gasteiger partial charge in [-0.25, -0.2) is 9.97 Å². The zero-order chi connectivity index (χ0) is 11.4. The van der Waals surface area contributed by atoms with Gasteiger partial charge < -0.3 is 0 Å². The zero-order valence-electron chi connectivity index (χ0n) is 8.12. The van der Waals surface area contributed by atoms with Gasteiger partial charge in [0.1, 0.15) is 17.8 Å². The molecule has 0 aliphatic rings. The minimum absolute atomic E-state index is 0.261. The van der Waals surface area contributed by atoms with Crippen molar-refractivity contribution in [3.05, 3.63) is 42.0 Å². The molecule has 2 heterocycles. The molecule has 2 rings (SSSR count). The smallest absolute Gasteiger partial charge is 0.158 e. The van der Waals surface area contributed by atoms with Crippen LogP contribution in [0.2, 0.25) is 0 Å². The minimum atomic E-state index is 0.261. The van der Waals surface area contributed by atoms with E-state index in [-0.39, 0.29) is 5.69 Å². The Morgan fingerprint density at radius 2 is 1.62 bits per heavy atom. The van der Waals surface area contributed by atoms with Crippen molar-refractivity contribution in [3.63, 3.8) is 0 Å². The van der Waals surface area contributed by atoms with Crippen LogP contribution >= 0.6 is 0 Å². The van der Waals surface area contributed by atoms with Crippen LogP contribution in [0.3, 0.4) is 0 Å². The molecule has 2 aromatic rings. The van der Waals surface area contributed by atoms with Gasteiger partial charge in [0, 0.05) is 6.20 Å². The second kappa shape index (κ2) is 4.16. The number of hydrogen-bond donors (Lipinski definition) is 0. The molecule has 0 N–H and O–H groups in total. The van der Waals surface area contributed by atoms with Crippen LogP contribution < -0.4 is 0 Å². The van der Waals surface area contributed by atoms with Crippen molar-refractivity contribution in [3.8, 4) is 23.5 Å². The van der Waals surface area contributed by atoms with Gasteiger partial charge in [-0.1, -0.05) is 0 Å². The molecule has 0 aromatic carbocycles. The lowest BCUT2D eigenvalue weighted by atomic mass is 10.2. The maximum Gasteiger partial charge on any atom is 0.158 e. The van der Waals surface area contributed by atoms with Gasteiger partial charge in [-0.05, 0) is 12.1 Å². The summed E-state index contributed by atoms with van der Waals surface area (Å²) in [6.45, 7) is 0. The monoisotopic (exact) mass is 207 g/mol. The Kier molecular flexibility index (Phi) is 2.53. The standard InChI is InChI=1S/C11H5N5/c12-3-8-1-2-10(15-5-8)11-7-14-9(4-13)6-16-11/h1-2,5-7H. The number of hydrogen-bond acceptors (Lipinski definition) is 5. The Hall–Kier alpha value is -2.79. The summed E-state index contributed by atoms with van der Waals surface area (Å²) >= 11 is 0. The van der Waals surface area contributed by atoms with Crippen LogP contribution in [0.1, 0.15) is 11.3 Å². The summed E-state index contributed by atoms with van der Waals surface area (Å²) in [6, 6.07) is 7.21. The Labute approximate surface area is 91.7 Å². The maximum absolute atomic E-state index is 8.61. The summed E-state index contributed by atoms with van der Waals surface area (Å²) in [6.07, 6.45) is 4.33. The molecule has 0 unspecified atom stereocenters. The SMILES string of the molecule is N#Cc1ccc(-c2cnc(C#N)cn2)nc1. The highest BCUT2D eigenvalue weighted by molar-refractivity contribution is 5.53. The molecule has 5 heteroatoms. The van der Waals surface area contributed by atoms with E-state index in [0.717, 1.165) is 0 Å². The van der Waals surface area contributed by atoms with Gasteiger partial charge in [0.05, 0.1) is 23.7 Å². The third-order valence-corrected chi connectivity index (χ3v) is 1.92. The average Bonchev–Trinajstić information content (AvgIpc) is 2.39. The minimum Gasteiger partial charge on any atom is -0.253 e. The largest absolute Gasteiger partial charge is 0.253 e. The summed E-state index contributed by atoms with van der Waals surface area (Å²) < 4.78 is 0. The molecule has 0 bridgehead atoms. The first-order valence-corrected chi connectivity index (χ1v) is 4.42. The van der Waals surface area contributed by atoms with Crippen molar-refractivity contribution in [2.24, 2.45) is 0 Å². The van der Waals surface area contributed by atoms with E-state index in [1.54, 1.807) is 12.1 Å². The number of aromatic nitrogens is 3. The predicted molar refractivity (Wildman–Crippen MR) is 54.7 cm³/mol. The van der Waals surface area contributed by atoms with Crippen LogP contribution in [-0.4, -0.2) is 15.0 Å². The maximum atomic E-state index is 8.61. The van der Waals surface area contributed by atoms with E-state index in [1.807, 2.05) is 12.1 Å². The molecule has 0 atom stereocenters. The van der Waals surface area contributed by atoms with E-state index in [4.69, 9.17) is 10.5 Å². The van der Waals surface area contributed by atoms with Crippen molar-refractivity contribution in [2.75, 3.05) is 0 Å². The molecule has 0 aliphatic carbocycles. The van der Waals surface area contributed by atoms with E-state index in [2.05, 4.69) is 15.0 Å². The van der Waals surface area contributed by atoms with E-state index >= 15 is 0 Å². The lowest BCUT2D eigenvalue weighted by Gasteiger charge is -1.98. The first-order valence-electron chi connectivity index (χ1n) is 4.42. The molecule has 2 aromatic heterocycles. The third-order valence-electron chi connectivity index (χ3n) is 1.92. The van der Waals surface area contributed by atoms with Crippen LogP contribution in [0.15, 0.2) is 30.7 Å². The van der Waals surface area contributed by atoms with Gasteiger partial charge in [0.2, 0.25) is 0 Å². The molecule has 5 nitrogen and oxygen atoms in total. The van der Waals surface area contributed by atoms with Crippen LogP contribution in [0.25, 0.3) is 11.4 Å². The van der Waals surface area contributed by atoms with Gasteiger partial charge in [-0.2, -0.15) is 10.5 Å². The predicted octanol–water partition coefficient (Wildman–Crippen LogP) is 1.28. The lowest BCUT2D eigenvalue weighted by Crippen LogP contribution is -1.91. The Morgan fingerprint density at radius 3 is 2.12 bits per heavy atom. The first-order chi connectivity index (χ1) is 7.83. The van der Waals surface area contributed by atoms with Gasteiger partial charge in [0.25, 0.3) is 0 Å².